The van der Waals surface area contributed by atoms with Crippen molar-refractivity contribution in [2.45, 2.75) is 38.0 Å². The van der Waals surface area contributed by atoms with Gasteiger partial charge in [0.2, 0.25) is 0 Å². The average Bonchev–Trinajstić information content (AvgIpc) is 2.26. The van der Waals surface area contributed by atoms with Gasteiger partial charge < -0.3 is 0 Å². The van der Waals surface area contributed by atoms with Gasteiger partial charge in [-0.3, -0.25) is 0 Å². The van der Waals surface area contributed by atoms with Crippen molar-refractivity contribution in [3.8, 4) is 0 Å². The number of sulfone groups is 1. The lowest BCUT2D eigenvalue weighted by Gasteiger charge is -2.21. The molecule has 0 aliphatic rings. The molecule has 0 saturated heterocycles. The summed E-state index contributed by atoms with van der Waals surface area (Å²) in [6.45, 7) is 6.38. The van der Waals surface area contributed by atoms with Crippen LogP contribution in [0.1, 0.15) is 38.7 Å². The second-order valence-corrected chi connectivity index (χ2v) is 6.47. The van der Waals surface area contributed by atoms with Gasteiger partial charge in [0.15, 0.2) is 9.84 Å². The van der Waals surface area contributed by atoms with Gasteiger partial charge in [0.1, 0.15) is 0 Å². The summed E-state index contributed by atoms with van der Waals surface area (Å²) in [6, 6.07) is 7.31. The van der Waals surface area contributed by atoms with Crippen molar-refractivity contribution in [1.82, 2.24) is 0 Å². The van der Waals surface area contributed by atoms with E-state index in [2.05, 4.69) is 20.8 Å². The van der Waals surface area contributed by atoms with E-state index >= 15 is 0 Å². The van der Waals surface area contributed by atoms with Crippen LogP contribution in [0.5, 0.6) is 0 Å². The van der Waals surface area contributed by atoms with Gasteiger partial charge in [0.05, 0.1) is 4.90 Å². The molecule has 0 bridgehead atoms. The van der Waals surface area contributed by atoms with Crippen LogP contribution < -0.4 is 0 Å². The van der Waals surface area contributed by atoms with Gasteiger partial charge >= 0.3 is 0 Å². The highest BCUT2D eigenvalue weighted by Gasteiger charge is 2.20. The van der Waals surface area contributed by atoms with E-state index in [0.29, 0.717) is 10.8 Å². The average molecular weight is 240 g/mol. The molecule has 1 rings (SSSR count). The van der Waals surface area contributed by atoms with Crippen LogP contribution in [0.3, 0.4) is 0 Å². The maximum absolute atomic E-state index is 11.7. The van der Waals surface area contributed by atoms with Crippen LogP contribution >= 0.6 is 0 Å². The van der Waals surface area contributed by atoms with Gasteiger partial charge in [-0.2, -0.15) is 0 Å². The fourth-order valence-corrected chi connectivity index (χ4v) is 2.86. The third-order valence-corrected chi connectivity index (χ3v) is 4.48. The molecule has 0 fully saturated rings. The minimum atomic E-state index is -3.12. The largest absolute Gasteiger partial charge is 0.224 e. The van der Waals surface area contributed by atoms with E-state index in [1.807, 2.05) is 12.1 Å². The number of rotatable bonds is 4. The lowest BCUT2D eigenvalue weighted by molar-refractivity contribution is 0.467. The summed E-state index contributed by atoms with van der Waals surface area (Å²) >= 11 is 0. The zero-order valence-electron chi connectivity index (χ0n) is 10.4. The molecule has 3 heteroatoms. The summed E-state index contributed by atoms with van der Waals surface area (Å²) in [5, 5.41) is 0. The molecule has 0 heterocycles. The Bertz CT molecular complexity index is 449. The molecule has 0 aliphatic carbocycles. The van der Waals surface area contributed by atoms with Gasteiger partial charge in [0, 0.05) is 6.26 Å². The summed E-state index contributed by atoms with van der Waals surface area (Å²) in [5.41, 5.74) is 0.944. The van der Waals surface area contributed by atoms with Crippen molar-refractivity contribution in [2.75, 3.05) is 6.26 Å². The normalized spacial score (nSPS) is 15.8. The molecule has 0 aromatic heterocycles. The fourth-order valence-electron chi connectivity index (χ4n) is 1.85. The zero-order chi connectivity index (χ0) is 12.3. The topological polar surface area (TPSA) is 34.1 Å². The van der Waals surface area contributed by atoms with Gasteiger partial charge in [-0.15, -0.1) is 0 Å². The highest BCUT2D eigenvalue weighted by atomic mass is 32.2. The van der Waals surface area contributed by atoms with Crippen molar-refractivity contribution in [1.29, 1.82) is 0 Å². The minimum Gasteiger partial charge on any atom is -0.224 e. The Morgan fingerprint density at radius 3 is 2.25 bits per heavy atom. The summed E-state index contributed by atoms with van der Waals surface area (Å²) in [7, 11) is -3.12. The Morgan fingerprint density at radius 1 is 1.19 bits per heavy atom. The smallest absolute Gasteiger partial charge is 0.175 e. The van der Waals surface area contributed by atoms with Crippen LogP contribution in [0.2, 0.25) is 0 Å². The second kappa shape index (κ2) is 5.00. The summed E-state index contributed by atoms with van der Waals surface area (Å²) in [5.74, 6) is 0.763. The van der Waals surface area contributed by atoms with Crippen LogP contribution in [-0.4, -0.2) is 14.7 Å². The summed E-state index contributed by atoms with van der Waals surface area (Å²) in [6.07, 6.45) is 2.33. The third-order valence-electron chi connectivity index (χ3n) is 3.31. The van der Waals surface area contributed by atoms with E-state index in [0.717, 1.165) is 12.0 Å². The number of hydrogen-bond acceptors (Lipinski definition) is 2. The Morgan fingerprint density at radius 2 is 1.75 bits per heavy atom. The van der Waals surface area contributed by atoms with Gasteiger partial charge in [-0.05, 0) is 23.5 Å². The lowest BCUT2D eigenvalue weighted by Crippen LogP contribution is -2.10. The van der Waals surface area contributed by atoms with E-state index in [4.69, 9.17) is 0 Å². The van der Waals surface area contributed by atoms with Crippen molar-refractivity contribution in [3.05, 3.63) is 29.8 Å². The first kappa shape index (κ1) is 13.2. The maximum Gasteiger partial charge on any atom is 0.175 e. The molecule has 16 heavy (non-hydrogen) atoms. The molecular formula is C13H20O2S. The van der Waals surface area contributed by atoms with Crippen molar-refractivity contribution in [2.24, 2.45) is 5.92 Å². The molecule has 90 valence electrons. The molecule has 2 atom stereocenters. The zero-order valence-corrected chi connectivity index (χ0v) is 11.2. The van der Waals surface area contributed by atoms with Crippen LogP contribution in [0.4, 0.5) is 0 Å². The molecule has 1 aromatic rings. The third kappa shape index (κ3) is 2.85. The van der Waals surface area contributed by atoms with E-state index in [-0.39, 0.29) is 5.92 Å². The molecule has 0 aliphatic heterocycles. The van der Waals surface area contributed by atoms with E-state index < -0.39 is 9.84 Å². The predicted molar refractivity (Wildman–Crippen MR) is 67.4 cm³/mol. The monoisotopic (exact) mass is 240 g/mol. The molecule has 0 amide bonds. The molecule has 1 aromatic carbocycles. The highest BCUT2D eigenvalue weighted by molar-refractivity contribution is 7.90. The second-order valence-electron chi connectivity index (χ2n) is 4.48. The Hall–Kier alpha value is -0.830. The first-order valence-corrected chi connectivity index (χ1v) is 7.56. The van der Waals surface area contributed by atoms with Crippen molar-refractivity contribution in [3.63, 3.8) is 0 Å². The maximum atomic E-state index is 11.7. The lowest BCUT2D eigenvalue weighted by atomic mass is 9.87. The van der Waals surface area contributed by atoms with Crippen LogP contribution in [-0.2, 0) is 9.84 Å². The molecule has 0 saturated carbocycles. The molecule has 2 unspecified atom stereocenters. The van der Waals surface area contributed by atoms with Crippen LogP contribution in [0.25, 0.3) is 0 Å². The molecule has 0 spiro atoms. The van der Waals surface area contributed by atoms with Crippen molar-refractivity contribution < 1.29 is 8.42 Å². The Kier molecular flexibility index (Phi) is 4.14. The van der Waals surface area contributed by atoms with Crippen LogP contribution in [0, 0.1) is 5.92 Å². The highest BCUT2D eigenvalue weighted by Crippen LogP contribution is 2.30. The van der Waals surface area contributed by atoms with Crippen molar-refractivity contribution >= 4 is 9.84 Å². The number of benzene rings is 1. The Labute approximate surface area is 98.6 Å². The van der Waals surface area contributed by atoms with E-state index in [9.17, 15) is 8.42 Å². The molecule has 0 radical (unpaired) electrons. The van der Waals surface area contributed by atoms with Gasteiger partial charge in [0.25, 0.3) is 0 Å². The number of hydrogen-bond donors (Lipinski definition) is 0. The van der Waals surface area contributed by atoms with Crippen LogP contribution in [0.15, 0.2) is 29.2 Å². The molecule has 2 nitrogen and oxygen atoms in total. The standard InChI is InChI=1S/C13H20O2S/c1-5-10(2)11(3)12-8-6-7-9-13(12)16(4,14)15/h6-11H,5H2,1-4H3. The summed E-state index contributed by atoms with van der Waals surface area (Å²) < 4.78 is 23.3. The first-order valence-electron chi connectivity index (χ1n) is 5.67. The summed E-state index contributed by atoms with van der Waals surface area (Å²) in [4.78, 5) is 0.475. The van der Waals surface area contributed by atoms with Gasteiger partial charge in [-0.1, -0.05) is 45.4 Å². The van der Waals surface area contributed by atoms with E-state index in [1.54, 1.807) is 12.1 Å². The van der Waals surface area contributed by atoms with Gasteiger partial charge in [-0.25, -0.2) is 8.42 Å². The van der Waals surface area contributed by atoms with E-state index in [1.165, 1.54) is 6.26 Å². The predicted octanol–water partition coefficient (Wildman–Crippen LogP) is 3.24. The fraction of sp³-hybridized carbons (Fsp3) is 0.538. The molecule has 0 N–H and O–H groups in total. The SMILES string of the molecule is CCC(C)C(C)c1ccccc1S(C)(=O)=O. The quantitative estimate of drug-likeness (QED) is 0.809. The first-order chi connectivity index (χ1) is 7.38. The minimum absolute atomic E-state index is 0.274. The molecular weight excluding hydrogens is 220 g/mol. The Balaban J connectivity index is 3.24.